The minimum atomic E-state index is -0.423. The van der Waals surface area contributed by atoms with Gasteiger partial charge in [0.25, 0.3) is 0 Å². The average Bonchev–Trinajstić information content (AvgIpc) is 3.06. The summed E-state index contributed by atoms with van der Waals surface area (Å²) < 4.78 is 5.45. The lowest BCUT2D eigenvalue weighted by Crippen LogP contribution is -2.36. The Bertz CT molecular complexity index is 479. The van der Waals surface area contributed by atoms with E-state index in [1.54, 1.807) is 0 Å². The number of H-pyrrole nitrogens is 1. The zero-order valence-corrected chi connectivity index (χ0v) is 14.4. The molecule has 1 fully saturated rings. The van der Waals surface area contributed by atoms with Gasteiger partial charge in [0.05, 0.1) is 0 Å². The number of carbonyl (C=O) groups is 1. The Labute approximate surface area is 133 Å². The van der Waals surface area contributed by atoms with Crippen molar-refractivity contribution >= 4 is 6.09 Å². The first kappa shape index (κ1) is 16.9. The van der Waals surface area contributed by atoms with Crippen LogP contribution in [0.1, 0.15) is 45.9 Å². The van der Waals surface area contributed by atoms with E-state index >= 15 is 0 Å². The number of hydrogen-bond donors (Lipinski definition) is 1. The van der Waals surface area contributed by atoms with Gasteiger partial charge in [-0.2, -0.15) is 0 Å². The second-order valence-corrected chi connectivity index (χ2v) is 7.32. The molecular formula is C17H29N3O2. The van der Waals surface area contributed by atoms with E-state index in [0.29, 0.717) is 12.0 Å². The molecule has 1 N–H and O–H groups in total. The van der Waals surface area contributed by atoms with Gasteiger partial charge in [-0.15, -0.1) is 0 Å². The van der Waals surface area contributed by atoms with Crippen molar-refractivity contribution in [2.75, 3.05) is 26.7 Å². The van der Waals surface area contributed by atoms with Gasteiger partial charge in [-0.1, -0.05) is 0 Å². The second-order valence-electron chi connectivity index (χ2n) is 7.32. The molecule has 1 amide bonds. The van der Waals surface area contributed by atoms with Crippen LogP contribution in [0.3, 0.4) is 0 Å². The summed E-state index contributed by atoms with van der Waals surface area (Å²) >= 11 is 0. The summed E-state index contributed by atoms with van der Waals surface area (Å²) in [5.41, 5.74) is 0.804. The number of nitrogens with one attached hydrogen (secondary N) is 1. The lowest BCUT2D eigenvalue weighted by Gasteiger charge is -2.27. The molecule has 0 saturated carbocycles. The topological polar surface area (TPSA) is 48.6 Å². The normalized spacial score (nSPS) is 20.5. The van der Waals surface area contributed by atoms with Gasteiger partial charge in [-0.25, -0.2) is 4.79 Å². The van der Waals surface area contributed by atoms with E-state index in [1.807, 2.05) is 37.9 Å². The molecule has 0 radical (unpaired) electrons. The van der Waals surface area contributed by atoms with Crippen LogP contribution in [0.2, 0.25) is 0 Å². The highest BCUT2D eigenvalue weighted by Crippen LogP contribution is 2.23. The van der Waals surface area contributed by atoms with Crippen molar-refractivity contribution in [1.29, 1.82) is 0 Å². The Balaban J connectivity index is 1.82. The Morgan fingerprint density at radius 3 is 2.86 bits per heavy atom. The number of likely N-dealkylation sites (tertiary alicyclic amines) is 1. The van der Waals surface area contributed by atoms with E-state index in [1.165, 1.54) is 5.69 Å². The molecule has 0 spiro atoms. The lowest BCUT2D eigenvalue weighted by molar-refractivity contribution is 0.0285. The standard InChI is InChI=1S/C17H29N3O2/c1-13(15-7-6-9-18-15)19(5)11-14-8-10-20(12-14)16(21)22-17(2,3)4/h6-7,9,13-14,18H,8,10-12H2,1-5H3/t13-,14+/m1/s1. The van der Waals surface area contributed by atoms with Gasteiger partial charge in [0.1, 0.15) is 5.60 Å². The van der Waals surface area contributed by atoms with Crippen LogP contribution in [-0.4, -0.2) is 53.2 Å². The number of ether oxygens (including phenoxy) is 1. The fourth-order valence-electron chi connectivity index (χ4n) is 2.88. The summed E-state index contributed by atoms with van der Waals surface area (Å²) in [5, 5.41) is 0. The molecular weight excluding hydrogens is 278 g/mol. The highest BCUT2D eigenvalue weighted by atomic mass is 16.6. The first-order chi connectivity index (χ1) is 10.3. The maximum Gasteiger partial charge on any atom is 0.410 e. The Hall–Kier alpha value is -1.49. The molecule has 0 unspecified atom stereocenters. The third kappa shape index (κ3) is 4.50. The van der Waals surface area contributed by atoms with Crippen molar-refractivity contribution in [3.05, 3.63) is 24.0 Å². The zero-order chi connectivity index (χ0) is 16.3. The molecule has 5 nitrogen and oxygen atoms in total. The Morgan fingerprint density at radius 2 is 2.27 bits per heavy atom. The number of aromatic amines is 1. The first-order valence-corrected chi connectivity index (χ1v) is 8.07. The van der Waals surface area contributed by atoms with Crippen LogP contribution in [0.15, 0.2) is 18.3 Å². The molecule has 1 aromatic heterocycles. The molecule has 1 aliphatic rings. The van der Waals surface area contributed by atoms with Gasteiger partial charge in [-0.3, -0.25) is 4.90 Å². The van der Waals surface area contributed by atoms with Crippen molar-refractivity contribution in [2.45, 2.75) is 45.8 Å². The van der Waals surface area contributed by atoms with Gasteiger partial charge in [0.2, 0.25) is 0 Å². The third-order valence-corrected chi connectivity index (χ3v) is 4.22. The number of aromatic nitrogens is 1. The third-order valence-electron chi connectivity index (χ3n) is 4.22. The molecule has 1 saturated heterocycles. The minimum absolute atomic E-state index is 0.185. The summed E-state index contributed by atoms with van der Waals surface area (Å²) in [6.07, 6.45) is 2.82. The molecule has 0 aliphatic carbocycles. The molecule has 2 heterocycles. The summed E-state index contributed by atoms with van der Waals surface area (Å²) in [6.45, 7) is 10.5. The van der Waals surface area contributed by atoms with Gasteiger partial charge in [-0.05, 0) is 59.2 Å². The number of hydrogen-bond acceptors (Lipinski definition) is 3. The number of carbonyl (C=O) groups excluding carboxylic acids is 1. The monoisotopic (exact) mass is 307 g/mol. The summed E-state index contributed by atoms with van der Waals surface area (Å²) in [4.78, 5) is 19.5. The quantitative estimate of drug-likeness (QED) is 0.929. The van der Waals surface area contributed by atoms with Gasteiger partial charge in [0, 0.05) is 37.6 Å². The minimum Gasteiger partial charge on any atom is -0.444 e. The summed E-state index contributed by atoms with van der Waals surface area (Å²) in [7, 11) is 2.14. The van der Waals surface area contributed by atoms with Crippen LogP contribution in [0.5, 0.6) is 0 Å². The predicted molar refractivity (Wildman–Crippen MR) is 87.8 cm³/mol. The fourth-order valence-corrected chi connectivity index (χ4v) is 2.88. The summed E-state index contributed by atoms with van der Waals surface area (Å²) in [5.74, 6) is 0.509. The lowest BCUT2D eigenvalue weighted by atomic mass is 10.1. The van der Waals surface area contributed by atoms with Crippen LogP contribution in [0, 0.1) is 5.92 Å². The number of amides is 1. The maximum atomic E-state index is 12.1. The van der Waals surface area contributed by atoms with Crippen molar-refractivity contribution in [3.63, 3.8) is 0 Å². The molecule has 0 bridgehead atoms. The smallest absolute Gasteiger partial charge is 0.410 e. The zero-order valence-electron chi connectivity index (χ0n) is 14.4. The summed E-state index contributed by atoms with van der Waals surface area (Å²) in [6, 6.07) is 4.49. The van der Waals surface area contributed by atoms with E-state index in [-0.39, 0.29) is 6.09 Å². The molecule has 0 aromatic carbocycles. The SMILES string of the molecule is C[C@H](c1ccc[nH]1)N(C)C[C@@H]1CCN(C(=O)OC(C)(C)C)C1. The molecule has 1 aromatic rings. The van der Waals surface area contributed by atoms with Crippen LogP contribution < -0.4 is 0 Å². The van der Waals surface area contributed by atoms with Crippen molar-refractivity contribution in [1.82, 2.24) is 14.8 Å². The van der Waals surface area contributed by atoms with Gasteiger partial charge >= 0.3 is 6.09 Å². The van der Waals surface area contributed by atoms with Crippen molar-refractivity contribution < 1.29 is 9.53 Å². The Morgan fingerprint density at radius 1 is 1.55 bits per heavy atom. The Kier molecular flexibility index (Phi) is 5.16. The van der Waals surface area contributed by atoms with Gasteiger partial charge in [0.15, 0.2) is 0 Å². The fraction of sp³-hybridized carbons (Fsp3) is 0.706. The number of rotatable bonds is 4. The van der Waals surface area contributed by atoms with E-state index < -0.39 is 5.60 Å². The number of nitrogens with zero attached hydrogens (tertiary/aromatic N) is 2. The van der Waals surface area contributed by atoms with Crippen LogP contribution in [-0.2, 0) is 4.74 Å². The van der Waals surface area contributed by atoms with Gasteiger partial charge < -0.3 is 14.6 Å². The predicted octanol–water partition coefficient (Wildman–Crippen LogP) is 3.26. The highest BCUT2D eigenvalue weighted by Gasteiger charge is 2.30. The van der Waals surface area contributed by atoms with E-state index in [0.717, 1.165) is 26.1 Å². The molecule has 5 heteroatoms. The van der Waals surface area contributed by atoms with Crippen LogP contribution >= 0.6 is 0 Å². The van der Waals surface area contributed by atoms with Crippen LogP contribution in [0.25, 0.3) is 0 Å². The highest BCUT2D eigenvalue weighted by molar-refractivity contribution is 5.68. The van der Waals surface area contributed by atoms with Crippen molar-refractivity contribution in [3.8, 4) is 0 Å². The second kappa shape index (κ2) is 6.73. The molecule has 22 heavy (non-hydrogen) atoms. The molecule has 1 aliphatic heterocycles. The van der Waals surface area contributed by atoms with E-state index in [2.05, 4.69) is 29.9 Å². The maximum absolute atomic E-state index is 12.1. The molecule has 2 rings (SSSR count). The van der Waals surface area contributed by atoms with Crippen LogP contribution in [0.4, 0.5) is 4.79 Å². The van der Waals surface area contributed by atoms with Crippen molar-refractivity contribution in [2.24, 2.45) is 5.92 Å². The molecule has 2 atom stereocenters. The largest absolute Gasteiger partial charge is 0.444 e. The average molecular weight is 307 g/mol. The van der Waals surface area contributed by atoms with E-state index in [4.69, 9.17) is 4.74 Å². The molecule has 124 valence electrons. The first-order valence-electron chi connectivity index (χ1n) is 8.07. The van der Waals surface area contributed by atoms with E-state index in [9.17, 15) is 4.79 Å².